The van der Waals surface area contributed by atoms with E-state index in [4.69, 9.17) is 9.47 Å². The van der Waals surface area contributed by atoms with Crippen LogP contribution >= 0.6 is 0 Å². The Balaban J connectivity index is 2.32. The predicted octanol–water partition coefficient (Wildman–Crippen LogP) is 4.10. The summed E-state index contributed by atoms with van der Waals surface area (Å²) in [6.45, 7) is 3.98. The van der Waals surface area contributed by atoms with Crippen molar-refractivity contribution < 1.29 is 19.7 Å². The Bertz CT molecular complexity index is 1330. The molecular formula is C22H22N2O5. The van der Waals surface area contributed by atoms with Gasteiger partial charge in [0.2, 0.25) is 0 Å². The van der Waals surface area contributed by atoms with Gasteiger partial charge < -0.3 is 24.3 Å². The minimum Gasteiger partial charge on any atom is -0.504 e. The maximum atomic E-state index is 13.5. The van der Waals surface area contributed by atoms with Crippen molar-refractivity contribution in [2.45, 2.75) is 26.3 Å². The third-order valence-corrected chi connectivity index (χ3v) is 5.47. The lowest BCUT2D eigenvalue weighted by atomic mass is 10.0. The van der Waals surface area contributed by atoms with Gasteiger partial charge in [-0.25, -0.2) is 0 Å². The maximum Gasteiger partial charge on any atom is 0.259 e. The summed E-state index contributed by atoms with van der Waals surface area (Å²) in [4.78, 5) is 18.0. The lowest BCUT2D eigenvalue weighted by Gasteiger charge is -2.20. The number of hydrogen-bond donors (Lipinski definition) is 2. The van der Waals surface area contributed by atoms with Crippen LogP contribution in [0.25, 0.3) is 32.6 Å². The molecule has 0 saturated carbocycles. The number of rotatable bonds is 4. The number of ether oxygens (including phenoxy) is 2. The van der Waals surface area contributed by atoms with Gasteiger partial charge in [-0.2, -0.15) is 0 Å². The summed E-state index contributed by atoms with van der Waals surface area (Å²) in [6.07, 6.45) is 2.42. The molecule has 0 radical (unpaired) electrons. The van der Waals surface area contributed by atoms with E-state index >= 15 is 0 Å². The number of fused-ring (bicyclic) bond motifs is 5. The average molecular weight is 394 g/mol. The summed E-state index contributed by atoms with van der Waals surface area (Å²) >= 11 is 0. The molecule has 1 unspecified atom stereocenters. The first-order valence-corrected chi connectivity index (χ1v) is 9.35. The molecule has 2 aromatic carbocycles. The minimum absolute atomic E-state index is 0.0935. The van der Waals surface area contributed by atoms with Crippen molar-refractivity contribution in [2.75, 3.05) is 14.2 Å². The zero-order valence-electron chi connectivity index (χ0n) is 16.7. The third kappa shape index (κ3) is 2.73. The molecule has 7 nitrogen and oxygen atoms in total. The molecule has 0 spiro atoms. The van der Waals surface area contributed by atoms with Gasteiger partial charge in [0.15, 0.2) is 23.0 Å². The Morgan fingerprint density at radius 2 is 1.59 bits per heavy atom. The van der Waals surface area contributed by atoms with Crippen LogP contribution < -0.4 is 15.0 Å². The molecule has 0 saturated heterocycles. The quantitative estimate of drug-likeness (QED) is 0.400. The third-order valence-electron chi connectivity index (χ3n) is 5.47. The van der Waals surface area contributed by atoms with E-state index in [1.165, 1.54) is 19.2 Å². The Kier molecular flexibility index (Phi) is 4.45. The Labute approximate surface area is 166 Å². The second kappa shape index (κ2) is 6.84. The second-order valence-corrected chi connectivity index (χ2v) is 7.06. The van der Waals surface area contributed by atoms with Gasteiger partial charge in [0.25, 0.3) is 5.56 Å². The van der Waals surface area contributed by atoms with Crippen LogP contribution in [-0.4, -0.2) is 34.0 Å². The number of phenols is 2. The summed E-state index contributed by atoms with van der Waals surface area (Å²) < 4.78 is 12.5. The van der Waals surface area contributed by atoms with E-state index in [9.17, 15) is 15.0 Å². The van der Waals surface area contributed by atoms with Crippen molar-refractivity contribution in [3.63, 3.8) is 0 Å². The van der Waals surface area contributed by atoms with Crippen LogP contribution in [0.5, 0.6) is 23.0 Å². The fraction of sp³-hybridized carbons (Fsp3) is 0.273. The van der Waals surface area contributed by atoms with Gasteiger partial charge >= 0.3 is 0 Å². The molecule has 0 bridgehead atoms. The molecule has 4 rings (SSSR count). The molecule has 0 aliphatic rings. The first kappa shape index (κ1) is 18.9. The fourth-order valence-corrected chi connectivity index (χ4v) is 3.77. The number of phenolic OH excluding ortho intramolecular Hbond substituents is 2. The lowest BCUT2D eigenvalue weighted by molar-refractivity contribution is 0.356. The molecule has 0 aliphatic carbocycles. The van der Waals surface area contributed by atoms with Crippen LogP contribution in [0.15, 0.2) is 35.3 Å². The zero-order chi connectivity index (χ0) is 20.9. The summed E-state index contributed by atoms with van der Waals surface area (Å²) in [6, 6.07) is 6.21. The molecule has 150 valence electrons. The Morgan fingerprint density at radius 1 is 0.966 bits per heavy atom. The van der Waals surface area contributed by atoms with Crippen LogP contribution in [0.2, 0.25) is 0 Å². The van der Waals surface area contributed by atoms with Gasteiger partial charge in [-0.1, -0.05) is 6.92 Å². The monoisotopic (exact) mass is 394 g/mol. The number of methoxy groups -OCH3 is 2. The largest absolute Gasteiger partial charge is 0.504 e. The Hall–Kier alpha value is -3.48. The summed E-state index contributed by atoms with van der Waals surface area (Å²) in [5, 5.41) is 22.5. The van der Waals surface area contributed by atoms with E-state index in [-0.39, 0.29) is 23.1 Å². The van der Waals surface area contributed by atoms with Gasteiger partial charge in [-0.3, -0.25) is 9.78 Å². The normalized spacial score (nSPS) is 12.6. The summed E-state index contributed by atoms with van der Waals surface area (Å²) in [7, 11) is 3.07. The molecule has 0 fully saturated rings. The topological polar surface area (TPSA) is 93.8 Å². The second-order valence-electron chi connectivity index (χ2n) is 7.06. The molecule has 2 N–H and O–H groups in total. The van der Waals surface area contributed by atoms with E-state index in [1.807, 2.05) is 13.8 Å². The molecule has 2 heterocycles. The van der Waals surface area contributed by atoms with Gasteiger partial charge in [-0.05, 0) is 31.5 Å². The molecule has 0 amide bonds. The molecule has 7 heteroatoms. The van der Waals surface area contributed by atoms with Crippen molar-refractivity contribution in [1.29, 1.82) is 0 Å². The van der Waals surface area contributed by atoms with Crippen LogP contribution in [0, 0.1) is 0 Å². The van der Waals surface area contributed by atoms with E-state index in [0.29, 0.717) is 38.7 Å². The standard InChI is InChI=1S/C22H22N2O5/c1-5-11(2)24-21-14-6-17(25)18(26)9-16(14)23-10-15(21)12-7-19(28-3)20(29-4)8-13(12)22(24)27/h6-11,25-26H,5H2,1-4H3. The molecule has 2 aromatic heterocycles. The van der Waals surface area contributed by atoms with E-state index in [0.717, 1.165) is 11.8 Å². The van der Waals surface area contributed by atoms with Crippen LogP contribution in [-0.2, 0) is 0 Å². The first-order chi connectivity index (χ1) is 13.9. The van der Waals surface area contributed by atoms with Crippen molar-refractivity contribution >= 4 is 32.6 Å². The SMILES string of the molecule is CCC(C)n1c(=O)c2cc(OC)c(OC)cc2c2cnc3cc(O)c(O)cc3c21. The number of pyridine rings is 2. The fourth-order valence-electron chi connectivity index (χ4n) is 3.77. The highest BCUT2D eigenvalue weighted by atomic mass is 16.5. The number of aromatic hydroxyl groups is 2. The van der Waals surface area contributed by atoms with Crippen molar-refractivity contribution in [3.8, 4) is 23.0 Å². The van der Waals surface area contributed by atoms with Gasteiger partial charge in [0, 0.05) is 34.5 Å². The highest BCUT2D eigenvalue weighted by Crippen LogP contribution is 2.38. The predicted molar refractivity (Wildman–Crippen MR) is 112 cm³/mol. The molecule has 0 aliphatic heterocycles. The zero-order valence-corrected chi connectivity index (χ0v) is 16.7. The number of hydrogen-bond acceptors (Lipinski definition) is 6. The number of aromatic nitrogens is 2. The van der Waals surface area contributed by atoms with E-state index < -0.39 is 0 Å². The van der Waals surface area contributed by atoms with E-state index in [2.05, 4.69) is 4.98 Å². The Morgan fingerprint density at radius 3 is 2.21 bits per heavy atom. The molecular weight excluding hydrogens is 372 g/mol. The van der Waals surface area contributed by atoms with Crippen LogP contribution in [0.1, 0.15) is 26.3 Å². The highest BCUT2D eigenvalue weighted by Gasteiger charge is 2.20. The van der Waals surface area contributed by atoms with Gasteiger partial charge in [0.05, 0.1) is 30.6 Å². The number of benzene rings is 2. The van der Waals surface area contributed by atoms with Crippen molar-refractivity contribution in [1.82, 2.24) is 9.55 Å². The maximum absolute atomic E-state index is 13.5. The van der Waals surface area contributed by atoms with Crippen molar-refractivity contribution in [2.24, 2.45) is 0 Å². The average Bonchev–Trinajstić information content (AvgIpc) is 2.73. The highest BCUT2D eigenvalue weighted by molar-refractivity contribution is 6.15. The molecule has 1 atom stereocenters. The van der Waals surface area contributed by atoms with E-state index in [1.54, 1.807) is 30.0 Å². The van der Waals surface area contributed by atoms with Crippen LogP contribution in [0.3, 0.4) is 0 Å². The van der Waals surface area contributed by atoms with Gasteiger partial charge in [0.1, 0.15) is 0 Å². The summed E-state index contributed by atoms with van der Waals surface area (Å²) in [5.41, 5.74) is 0.983. The lowest BCUT2D eigenvalue weighted by Crippen LogP contribution is -2.24. The summed E-state index contributed by atoms with van der Waals surface area (Å²) in [5.74, 6) is 0.468. The minimum atomic E-state index is -0.262. The smallest absolute Gasteiger partial charge is 0.259 e. The molecule has 4 aromatic rings. The van der Waals surface area contributed by atoms with Crippen LogP contribution in [0.4, 0.5) is 0 Å². The first-order valence-electron chi connectivity index (χ1n) is 9.35. The van der Waals surface area contributed by atoms with Crippen molar-refractivity contribution in [3.05, 3.63) is 40.8 Å². The van der Waals surface area contributed by atoms with Gasteiger partial charge in [-0.15, -0.1) is 0 Å². The number of nitrogens with zero attached hydrogens (tertiary/aromatic N) is 2. The molecule has 29 heavy (non-hydrogen) atoms.